The molecule has 5 heterocycles. The van der Waals surface area contributed by atoms with Gasteiger partial charge in [-0.05, 0) is 50.4 Å². The fourth-order valence-corrected chi connectivity index (χ4v) is 7.46. The lowest BCUT2D eigenvalue weighted by Crippen LogP contribution is -2.48. The summed E-state index contributed by atoms with van der Waals surface area (Å²) < 4.78 is 2.63. The van der Waals surface area contributed by atoms with Gasteiger partial charge in [-0.25, -0.2) is 0 Å². The summed E-state index contributed by atoms with van der Waals surface area (Å²) in [5, 5.41) is 5.61. The Hall–Kier alpha value is -4.04. The third-order valence-corrected chi connectivity index (χ3v) is 8.46. The van der Waals surface area contributed by atoms with E-state index in [9.17, 15) is 0 Å². The molecule has 3 aliphatic rings. The van der Waals surface area contributed by atoms with Crippen molar-refractivity contribution in [2.45, 2.75) is 0 Å². The van der Waals surface area contributed by atoms with Crippen LogP contribution in [0, 0.1) is 0 Å². The molecule has 0 radical (unpaired) electrons. The van der Waals surface area contributed by atoms with Crippen LogP contribution < -0.4 is 16.4 Å². The molecular formula is C30H14BN. The molecule has 0 unspecified atom stereocenters. The Morgan fingerprint density at radius 3 is 2.09 bits per heavy atom. The molecule has 2 heteroatoms. The molecule has 0 atom stereocenters. The maximum absolute atomic E-state index is 2.63. The number of aromatic nitrogens is 1. The first-order chi connectivity index (χ1) is 15.9. The molecule has 3 aliphatic heterocycles. The van der Waals surface area contributed by atoms with Gasteiger partial charge in [0.2, 0.25) is 6.71 Å². The molecule has 0 fully saturated rings. The van der Waals surface area contributed by atoms with Crippen LogP contribution in [0.4, 0.5) is 0 Å². The van der Waals surface area contributed by atoms with Crippen molar-refractivity contribution >= 4 is 61.2 Å². The van der Waals surface area contributed by atoms with Gasteiger partial charge < -0.3 is 4.40 Å². The van der Waals surface area contributed by atoms with Gasteiger partial charge in [0.25, 0.3) is 0 Å². The van der Waals surface area contributed by atoms with Gasteiger partial charge in [0.05, 0.1) is 16.6 Å². The minimum Gasteiger partial charge on any atom is -0.309 e. The fraction of sp³-hybridized carbons (Fsp3) is 0. The van der Waals surface area contributed by atoms with E-state index in [2.05, 4.69) is 89.3 Å². The molecule has 32 heavy (non-hydrogen) atoms. The van der Waals surface area contributed by atoms with Crippen molar-refractivity contribution < 1.29 is 0 Å². The number of rotatable bonds is 1. The van der Waals surface area contributed by atoms with Crippen molar-refractivity contribution in [2.75, 3.05) is 0 Å². The van der Waals surface area contributed by atoms with Crippen molar-refractivity contribution in [2.24, 2.45) is 0 Å². The quantitative estimate of drug-likeness (QED) is 0.330. The molecule has 0 spiro atoms. The van der Waals surface area contributed by atoms with Crippen molar-refractivity contribution in [3.8, 4) is 33.4 Å². The zero-order chi connectivity index (χ0) is 20.3. The molecule has 0 bridgehead atoms. The Labute approximate surface area is 183 Å². The van der Waals surface area contributed by atoms with Crippen LogP contribution >= 0.6 is 0 Å². The second kappa shape index (κ2) is 4.44. The minimum absolute atomic E-state index is 0.388. The third-order valence-electron chi connectivity index (χ3n) is 8.46. The molecule has 0 aliphatic carbocycles. The van der Waals surface area contributed by atoms with E-state index in [4.69, 9.17) is 0 Å². The van der Waals surface area contributed by atoms with Crippen LogP contribution in [0.25, 0.3) is 71.5 Å². The topological polar surface area (TPSA) is 4.41 Å². The van der Waals surface area contributed by atoms with Crippen LogP contribution in [0.5, 0.6) is 0 Å². The predicted molar refractivity (Wildman–Crippen MR) is 136 cm³/mol. The van der Waals surface area contributed by atoms with E-state index in [1.165, 1.54) is 82.4 Å². The molecule has 7 aromatic rings. The van der Waals surface area contributed by atoms with Crippen LogP contribution in [0.1, 0.15) is 0 Å². The number of nitrogens with zero attached hydrogens (tertiary/aromatic N) is 1. The second-order valence-electron chi connectivity index (χ2n) is 9.63. The van der Waals surface area contributed by atoms with Crippen molar-refractivity contribution in [1.29, 1.82) is 0 Å². The summed E-state index contributed by atoms with van der Waals surface area (Å²) in [5.74, 6) is 0. The molecule has 0 saturated heterocycles. The standard InChI is InChI=1S/C30H14BN/c1-2-6-15(7-3-1)22-14-23-17-9-4-8-16-18-12-13-20-19-10-5-11-21-24(22)30-27(23)31(25(16)17)26(18)29(20)32(30)28(19)21/h1-14H. The number of hydrogen-bond acceptors (Lipinski definition) is 0. The zero-order valence-electron chi connectivity index (χ0n) is 17.1. The van der Waals surface area contributed by atoms with Gasteiger partial charge in [-0.1, -0.05) is 84.3 Å². The average molecular weight is 399 g/mol. The monoisotopic (exact) mass is 399 g/mol. The molecule has 0 N–H and O–H groups in total. The van der Waals surface area contributed by atoms with Crippen molar-refractivity contribution in [1.82, 2.24) is 4.40 Å². The average Bonchev–Trinajstić information content (AvgIpc) is 3.56. The molecule has 0 amide bonds. The number of fused-ring (bicyclic) bond motifs is 4. The minimum atomic E-state index is 0.388. The van der Waals surface area contributed by atoms with E-state index in [0.717, 1.165) is 0 Å². The van der Waals surface area contributed by atoms with Crippen LogP contribution in [0.3, 0.4) is 0 Å². The van der Waals surface area contributed by atoms with E-state index in [1.54, 1.807) is 5.46 Å². The van der Waals surface area contributed by atoms with Gasteiger partial charge in [0.15, 0.2) is 0 Å². The second-order valence-corrected chi connectivity index (χ2v) is 9.63. The Bertz CT molecular complexity index is 2030. The Morgan fingerprint density at radius 2 is 1.19 bits per heavy atom. The smallest absolute Gasteiger partial charge is 0.249 e. The van der Waals surface area contributed by atoms with Crippen LogP contribution in [0.2, 0.25) is 0 Å². The summed E-state index contributed by atoms with van der Waals surface area (Å²) in [5.41, 5.74) is 17.3. The summed E-state index contributed by atoms with van der Waals surface area (Å²) in [4.78, 5) is 0. The van der Waals surface area contributed by atoms with Crippen LogP contribution in [0.15, 0.2) is 84.9 Å². The lowest BCUT2D eigenvalue weighted by Gasteiger charge is -2.20. The molecule has 142 valence electrons. The van der Waals surface area contributed by atoms with Gasteiger partial charge in [-0.15, -0.1) is 0 Å². The Balaban J connectivity index is 1.63. The number of hydrogen-bond donors (Lipinski definition) is 0. The molecule has 1 nitrogen and oxygen atoms in total. The SMILES string of the molecule is c1ccc(-c2cc3c4c5c2c2cccc6c7ccc8c(c7n5c62)B4c2c-8cccc2-3)cc1. The molecule has 5 aromatic carbocycles. The van der Waals surface area contributed by atoms with Crippen LogP contribution in [-0.2, 0) is 0 Å². The third kappa shape index (κ3) is 1.27. The van der Waals surface area contributed by atoms with E-state index in [1.807, 2.05) is 0 Å². The zero-order valence-corrected chi connectivity index (χ0v) is 17.1. The highest BCUT2D eigenvalue weighted by atomic mass is 14.9. The first-order valence-corrected chi connectivity index (χ1v) is 11.4. The summed E-state index contributed by atoms with van der Waals surface area (Å²) >= 11 is 0. The summed E-state index contributed by atoms with van der Waals surface area (Å²) in [6.45, 7) is 0.388. The molecular weight excluding hydrogens is 385 g/mol. The maximum Gasteiger partial charge on any atom is 0.249 e. The maximum atomic E-state index is 2.63. The molecule has 2 aromatic heterocycles. The van der Waals surface area contributed by atoms with Gasteiger partial charge in [0.1, 0.15) is 0 Å². The van der Waals surface area contributed by atoms with E-state index >= 15 is 0 Å². The van der Waals surface area contributed by atoms with Crippen molar-refractivity contribution in [3.05, 3.63) is 84.9 Å². The molecule has 10 rings (SSSR count). The van der Waals surface area contributed by atoms with Crippen LogP contribution in [-0.4, -0.2) is 11.1 Å². The number of para-hydroxylation sites is 1. The van der Waals surface area contributed by atoms with Gasteiger partial charge >= 0.3 is 0 Å². The summed E-state index contributed by atoms with van der Waals surface area (Å²) in [6.07, 6.45) is 0. The predicted octanol–water partition coefficient (Wildman–Crippen LogP) is 5.29. The van der Waals surface area contributed by atoms with Crippen molar-refractivity contribution in [3.63, 3.8) is 0 Å². The normalized spacial score (nSPS) is 14.2. The van der Waals surface area contributed by atoms with E-state index < -0.39 is 0 Å². The number of benzene rings is 5. The first kappa shape index (κ1) is 14.9. The largest absolute Gasteiger partial charge is 0.309 e. The lowest BCUT2D eigenvalue weighted by atomic mass is 9.40. The fourth-order valence-electron chi connectivity index (χ4n) is 7.46. The van der Waals surface area contributed by atoms with E-state index in [-0.39, 0.29) is 0 Å². The Kier molecular flexibility index (Phi) is 2.07. The summed E-state index contributed by atoms with van der Waals surface area (Å²) in [6, 6.07) is 32.0. The van der Waals surface area contributed by atoms with Gasteiger partial charge in [-0.3, -0.25) is 0 Å². The highest BCUT2D eigenvalue weighted by Crippen LogP contribution is 2.48. The highest BCUT2D eigenvalue weighted by molar-refractivity contribution is 7.05. The Morgan fingerprint density at radius 1 is 0.469 bits per heavy atom. The highest BCUT2D eigenvalue weighted by Gasteiger charge is 2.47. The van der Waals surface area contributed by atoms with Gasteiger partial charge in [-0.2, -0.15) is 0 Å². The lowest BCUT2D eigenvalue weighted by molar-refractivity contribution is 1.38. The first-order valence-electron chi connectivity index (χ1n) is 11.4. The molecule has 0 saturated carbocycles. The van der Waals surface area contributed by atoms with E-state index in [0.29, 0.717) is 6.71 Å². The van der Waals surface area contributed by atoms with Gasteiger partial charge in [0, 0.05) is 21.5 Å². The summed E-state index contributed by atoms with van der Waals surface area (Å²) in [7, 11) is 0.